The number of rotatable bonds is 3. The molecule has 0 aromatic carbocycles. The van der Waals surface area contributed by atoms with Crippen molar-refractivity contribution in [2.45, 2.75) is 19.9 Å². The highest BCUT2D eigenvalue weighted by Gasteiger charge is 2.27. The largest absolute Gasteiger partial charge is 0.367 e. The molecule has 1 aliphatic heterocycles. The van der Waals surface area contributed by atoms with Crippen LogP contribution in [-0.2, 0) is 4.79 Å². The Hall–Kier alpha value is -1.33. The van der Waals surface area contributed by atoms with E-state index in [1.807, 2.05) is 24.8 Å². The van der Waals surface area contributed by atoms with Crippen molar-refractivity contribution in [3.63, 3.8) is 0 Å². The summed E-state index contributed by atoms with van der Waals surface area (Å²) in [5.41, 5.74) is 6.90. The summed E-state index contributed by atoms with van der Waals surface area (Å²) in [6.07, 6.45) is 3.37. The molecule has 0 saturated carbocycles. The number of pyridine rings is 1. The van der Waals surface area contributed by atoms with Crippen LogP contribution in [0.25, 0.3) is 0 Å². The van der Waals surface area contributed by atoms with E-state index in [1.54, 1.807) is 12.4 Å². The summed E-state index contributed by atoms with van der Waals surface area (Å²) >= 11 is 6.14. The Morgan fingerprint density at radius 1 is 1.35 bits per heavy atom. The maximum atomic E-state index is 12.2. The molecule has 0 spiro atoms. The number of nitrogens with zero attached hydrogens (tertiary/aromatic N) is 3. The molecule has 1 amide bonds. The number of hydrogen-bond donors (Lipinski definition) is 1. The van der Waals surface area contributed by atoms with Gasteiger partial charge in [0.1, 0.15) is 0 Å². The highest BCUT2D eigenvalue weighted by atomic mass is 35.5. The van der Waals surface area contributed by atoms with Crippen LogP contribution in [0, 0.1) is 5.92 Å². The lowest BCUT2D eigenvalue weighted by molar-refractivity contribution is -0.133. The van der Waals surface area contributed by atoms with Gasteiger partial charge in [-0.1, -0.05) is 25.4 Å². The molecule has 2 heterocycles. The zero-order chi connectivity index (χ0) is 14.7. The van der Waals surface area contributed by atoms with Gasteiger partial charge in [-0.25, -0.2) is 0 Å². The second kappa shape index (κ2) is 6.41. The Kier molecular flexibility index (Phi) is 4.83. The van der Waals surface area contributed by atoms with Crippen molar-refractivity contribution in [3.05, 3.63) is 23.5 Å². The van der Waals surface area contributed by atoms with Gasteiger partial charge in [-0.05, 0) is 12.0 Å². The molecule has 20 heavy (non-hydrogen) atoms. The lowest BCUT2D eigenvalue weighted by atomic mass is 10.0. The van der Waals surface area contributed by atoms with E-state index in [0.29, 0.717) is 18.1 Å². The Morgan fingerprint density at radius 3 is 2.55 bits per heavy atom. The van der Waals surface area contributed by atoms with Crippen molar-refractivity contribution in [2.75, 3.05) is 31.1 Å². The summed E-state index contributed by atoms with van der Waals surface area (Å²) in [6.45, 7) is 6.82. The van der Waals surface area contributed by atoms with Gasteiger partial charge in [-0.15, -0.1) is 0 Å². The highest BCUT2D eigenvalue weighted by Crippen LogP contribution is 2.25. The zero-order valence-corrected chi connectivity index (χ0v) is 12.7. The number of hydrogen-bond acceptors (Lipinski definition) is 4. The second-order valence-electron chi connectivity index (χ2n) is 5.41. The van der Waals surface area contributed by atoms with Gasteiger partial charge >= 0.3 is 0 Å². The molecule has 0 radical (unpaired) electrons. The van der Waals surface area contributed by atoms with Crippen LogP contribution < -0.4 is 10.6 Å². The van der Waals surface area contributed by atoms with E-state index in [1.165, 1.54) is 0 Å². The molecule has 1 aliphatic rings. The third kappa shape index (κ3) is 3.22. The normalized spacial score (nSPS) is 17.4. The number of amides is 1. The maximum Gasteiger partial charge on any atom is 0.239 e. The van der Waals surface area contributed by atoms with Crippen LogP contribution in [-0.4, -0.2) is 48.0 Å². The first-order chi connectivity index (χ1) is 9.50. The van der Waals surface area contributed by atoms with Crippen LogP contribution in [0.2, 0.25) is 5.02 Å². The summed E-state index contributed by atoms with van der Waals surface area (Å²) in [5.74, 6) is 0.204. The standard InChI is InChI=1S/C14H21ClN4O/c1-10(2)13(16)14(20)19-7-5-18(6-8-19)12-3-4-17-9-11(12)15/h3-4,9-10,13H,5-8,16H2,1-2H3/t13-/m0/s1. The quantitative estimate of drug-likeness (QED) is 0.915. The van der Waals surface area contributed by atoms with E-state index in [9.17, 15) is 4.79 Å². The van der Waals surface area contributed by atoms with Gasteiger partial charge < -0.3 is 15.5 Å². The smallest absolute Gasteiger partial charge is 0.239 e. The van der Waals surface area contributed by atoms with E-state index >= 15 is 0 Å². The van der Waals surface area contributed by atoms with Gasteiger partial charge in [-0.2, -0.15) is 0 Å². The van der Waals surface area contributed by atoms with Crippen molar-refractivity contribution >= 4 is 23.2 Å². The monoisotopic (exact) mass is 296 g/mol. The molecule has 1 fully saturated rings. The van der Waals surface area contributed by atoms with Gasteiger partial charge in [0.05, 0.1) is 16.8 Å². The average molecular weight is 297 g/mol. The van der Waals surface area contributed by atoms with Crippen LogP contribution in [0.5, 0.6) is 0 Å². The topological polar surface area (TPSA) is 62.5 Å². The minimum Gasteiger partial charge on any atom is -0.367 e. The molecule has 0 bridgehead atoms. The van der Waals surface area contributed by atoms with Crippen molar-refractivity contribution in [1.82, 2.24) is 9.88 Å². The molecular formula is C14H21ClN4O. The first-order valence-corrected chi connectivity index (χ1v) is 7.27. The molecule has 1 aromatic heterocycles. The van der Waals surface area contributed by atoms with Gasteiger partial charge in [0.25, 0.3) is 0 Å². The number of anilines is 1. The molecule has 1 atom stereocenters. The predicted octanol–water partition coefficient (Wildman–Crippen LogP) is 1.37. The Bertz CT molecular complexity index is 472. The van der Waals surface area contributed by atoms with E-state index < -0.39 is 6.04 Å². The molecular weight excluding hydrogens is 276 g/mol. The molecule has 6 heteroatoms. The predicted molar refractivity (Wildman–Crippen MR) is 80.9 cm³/mol. The van der Waals surface area contributed by atoms with Crippen LogP contribution in [0.1, 0.15) is 13.8 Å². The highest BCUT2D eigenvalue weighted by molar-refractivity contribution is 6.33. The van der Waals surface area contributed by atoms with Gasteiger partial charge in [-0.3, -0.25) is 9.78 Å². The summed E-state index contributed by atoms with van der Waals surface area (Å²) < 4.78 is 0. The maximum absolute atomic E-state index is 12.2. The van der Waals surface area contributed by atoms with Crippen molar-refractivity contribution in [2.24, 2.45) is 11.7 Å². The summed E-state index contributed by atoms with van der Waals surface area (Å²) in [5, 5.41) is 0.645. The van der Waals surface area contributed by atoms with Gasteiger partial charge in [0.15, 0.2) is 0 Å². The molecule has 1 aromatic rings. The van der Waals surface area contributed by atoms with Crippen LogP contribution in [0.4, 0.5) is 5.69 Å². The minimum absolute atomic E-state index is 0.0421. The summed E-state index contributed by atoms with van der Waals surface area (Å²) in [4.78, 5) is 20.2. The molecule has 5 nitrogen and oxygen atoms in total. The number of carbonyl (C=O) groups is 1. The number of carbonyl (C=O) groups excluding carboxylic acids is 1. The SMILES string of the molecule is CC(C)[C@H](N)C(=O)N1CCN(c2ccncc2Cl)CC1. The van der Waals surface area contributed by atoms with E-state index in [4.69, 9.17) is 17.3 Å². The fraction of sp³-hybridized carbons (Fsp3) is 0.571. The van der Waals surface area contributed by atoms with E-state index in [2.05, 4.69) is 9.88 Å². The molecule has 0 unspecified atom stereocenters. The molecule has 0 aliphatic carbocycles. The summed E-state index contributed by atoms with van der Waals surface area (Å²) in [6, 6.07) is 1.49. The molecule has 2 N–H and O–H groups in total. The van der Waals surface area contributed by atoms with Crippen LogP contribution in [0.15, 0.2) is 18.5 Å². The zero-order valence-electron chi connectivity index (χ0n) is 11.9. The van der Waals surface area contributed by atoms with Crippen LogP contribution in [0.3, 0.4) is 0 Å². The Morgan fingerprint density at radius 2 is 2.00 bits per heavy atom. The Balaban J connectivity index is 1.96. The second-order valence-corrected chi connectivity index (χ2v) is 5.82. The number of nitrogens with two attached hydrogens (primary N) is 1. The number of aromatic nitrogens is 1. The fourth-order valence-electron chi connectivity index (χ4n) is 2.29. The van der Waals surface area contributed by atoms with E-state index in [-0.39, 0.29) is 11.8 Å². The molecule has 2 rings (SSSR count). The first kappa shape index (κ1) is 15.1. The average Bonchev–Trinajstić information content (AvgIpc) is 2.46. The first-order valence-electron chi connectivity index (χ1n) is 6.89. The lowest BCUT2D eigenvalue weighted by Crippen LogP contribution is -2.54. The number of piperazine rings is 1. The van der Waals surface area contributed by atoms with Crippen LogP contribution >= 0.6 is 11.6 Å². The van der Waals surface area contributed by atoms with Crippen molar-refractivity contribution < 1.29 is 4.79 Å². The fourth-order valence-corrected chi connectivity index (χ4v) is 2.53. The van der Waals surface area contributed by atoms with E-state index in [0.717, 1.165) is 18.8 Å². The molecule has 1 saturated heterocycles. The lowest BCUT2D eigenvalue weighted by Gasteiger charge is -2.37. The van der Waals surface area contributed by atoms with Gasteiger partial charge in [0, 0.05) is 38.6 Å². The third-order valence-corrected chi connectivity index (χ3v) is 3.98. The number of halogens is 1. The third-order valence-electron chi connectivity index (χ3n) is 3.69. The Labute approximate surface area is 124 Å². The summed E-state index contributed by atoms with van der Waals surface area (Å²) in [7, 11) is 0. The van der Waals surface area contributed by atoms with Crippen molar-refractivity contribution in [1.29, 1.82) is 0 Å². The minimum atomic E-state index is -0.411. The molecule has 110 valence electrons. The van der Waals surface area contributed by atoms with Gasteiger partial charge in [0.2, 0.25) is 5.91 Å². The van der Waals surface area contributed by atoms with Crippen molar-refractivity contribution in [3.8, 4) is 0 Å².